The van der Waals surface area contributed by atoms with Crippen molar-refractivity contribution < 1.29 is 4.58 Å². The monoisotopic (exact) mass is 308 g/mol. The Morgan fingerprint density at radius 2 is 1.26 bits per heavy atom. The van der Waals surface area contributed by atoms with Crippen LogP contribution in [0.4, 0.5) is 11.4 Å². The fraction of sp³-hybridized carbons (Fsp3) is 0.350. The van der Waals surface area contributed by atoms with Crippen LogP contribution in [0.25, 0.3) is 0 Å². The van der Waals surface area contributed by atoms with Crippen LogP contribution >= 0.6 is 0 Å². The minimum atomic E-state index is 0.603. The van der Waals surface area contributed by atoms with Crippen LogP contribution in [0.3, 0.4) is 0 Å². The predicted molar refractivity (Wildman–Crippen MR) is 98.2 cm³/mol. The molecule has 2 aromatic carbocycles. The maximum Gasteiger partial charge on any atom is 0.355 e. The second kappa shape index (κ2) is 7.82. The van der Waals surface area contributed by atoms with Gasteiger partial charge in [-0.3, -0.25) is 4.58 Å². The molecular weight excluding hydrogens is 282 g/mol. The molecule has 0 heterocycles. The van der Waals surface area contributed by atoms with Crippen molar-refractivity contribution >= 4 is 17.3 Å². The molecule has 0 aromatic heterocycles. The first-order chi connectivity index (χ1) is 11.3. The van der Waals surface area contributed by atoms with Crippen LogP contribution in [0, 0.1) is 0 Å². The van der Waals surface area contributed by atoms with Crippen molar-refractivity contribution in [3.63, 3.8) is 0 Å². The molecule has 0 amide bonds. The Balaban J connectivity index is 1.85. The fourth-order valence-corrected chi connectivity index (χ4v) is 3.17. The van der Waals surface area contributed by atoms with E-state index in [1.165, 1.54) is 32.1 Å². The van der Waals surface area contributed by atoms with E-state index in [-0.39, 0.29) is 0 Å². The van der Waals surface area contributed by atoms with Crippen molar-refractivity contribution in [3.8, 4) is 0 Å². The molecular formula is C20H26N3+. The molecule has 2 aromatic rings. The van der Waals surface area contributed by atoms with Gasteiger partial charge in [-0.05, 0) is 37.1 Å². The average molecular weight is 308 g/mol. The topological polar surface area (TPSA) is 27.1 Å². The second-order valence-electron chi connectivity index (χ2n) is 6.23. The SMILES string of the molecule is C[N+](=C(Nc1ccccc1)Nc1ccccc1)C1CCCCC1. The number of nitrogens with one attached hydrogen (secondary N) is 2. The van der Waals surface area contributed by atoms with E-state index >= 15 is 0 Å². The van der Waals surface area contributed by atoms with Gasteiger partial charge in [0, 0.05) is 0 Å². The quantitative estimate of drug-likeness (QED) is 0.495. The lowest BCUT2D eigenvalue weighted by atomic mass is 9.95. The van der Waals surface area contributed by atoms with Gasteiger partial charge in [0.25, 0.3) is 0 Å². The Morgan fingerprint density at radius 1 is 0.783 bits per heavy atom. The van der Waals surface area contributed by atoms with Gasteiger partial charge in [0.2, 0.25) is 0 Å². The van der Waals surface area contributed by atoms with Gasteiger partial charge >= 0.3 is 5.96 Å². The van der Waals surface area contributed by atoms with Gasteiger partial charge in [-0.15, -0.1) is 0 Å². The Labute approximate surface area is 139 Å². The summed E-state index contributed by atoms with van der Waals surface area (Å²) in [5, 5.41) is 7.11. The summed E-state index contributed by atoms with van der Waals surface area (Å²) in [7, 11) is 2.19. The highest BCUT2D eigenvalue weighted by Crippen LogP contribution is 2.20. The van der Waals surface area contributed by atoms with Crippen LogP contribution < -0.4 is 10.6 Å². The lowest BCUT2D eigenvalue weighted by Crippen LogP contribution is -2.38. The van der Waals surface area contributed by atoms with Crippen LogP contribution in [-0.2, 0) is 0 Å². The van der Waals surface area contributed by atoms with Gasteiger partial charge in [0.1, 0.15) is 0 Å². The smallest absolute Gasteiger partial charge is 0.264 e. The number of para-hydroxylation sites is 2. The van der Waals surface area contributed by atoms with E-state index in [0.717, 1.165) is 17.3 Å². The first-order valence-electron chi connectivity index (χ1n) is 8.57. The summed E-state index contributed by atoms with van der Waals surface area (Å²) in [5.41, 5.74) is 2.21. The molecule has 1 aliphatic carbocycles. The van der Waals surface area contributed by atoms with Gasteiger partial charge < -0.3 is 0 Å². The number of anilines is 2. The molecule has 1 aliphatic rings. The van der Waals surface area contributed by atoms with Gasteiger partial charge in [-0.1, -0.05) is 55.7 Å². The summed E-state index contributed by atoms with van der Waals surface area (Å²) >= 11 is 0. The zero-order chi connectivity index (χ0) is 15.9. The number of rotatable bonds is 3. The normalized spacial score (nSPS) is 15.0. The van der Waals surface area contributed by atoms with Gasteiger partial charge in [0.05, 0.1) is 24.5 Å². The average Bonchev–Trinajstić information content (AvgIpc) is 2.63. The summed E-state index contributed by atoms with van der Waals surface area (Å²) in [6.45, 7) is 0. The summed E-state index contributed by atoms with van der Waals surface area (Å²) in [5.74, 6) is 1.05. The molecule has 1 saturated carbocycles. The second-order valence-corrected chi connectivity index (χ2v) is 6.23. The van der Waals surface area contributed by atoms with Gasteiger partial charge in [-0.25, -0.2) is 10.6 Å². The third kappa shape index (κ3) is 4.35. The lowest BCUT2D eigenvalue weighted by molar-refractivity contribution is -0.542. The Kier molecular flexibility index (Phi) is 5.30. The summed E-state index contributed by atoms with van der Waals surface area (Å²) in [6.07, 6.45) is 6.58. The first kappa shape index (κ1) is 15.6. The van der Waals surface area contributed by atoms with Crippen molar-refractivity contribution in [3.05, 3.63) is 60.7 Å². The van der Waals surface area contributed by atoms with Crippen molar-refractivity contribution in [2.75, 3.05) is 17.7 Å². The predicted octanol–water partition coefficient (Wildman–Crippen LogP) is 4.54. The molecule has 0 atom stereocenters. The van der Waals surface area contributed by atoms with Crippen LogP contribution in [0.1, 0.15) is 32.1 Å². The molecule has 3 rings (SSSR count). The summed E-state index contributed by atoms with van der Waals surface area (Å²) in [6, 6.07) is 21.3. The minimum absolute atomic E-state index is 0.603. The standard InChI is InChI=1S/C20H25N3/c1-23(19-15-9-4-10-16-19)20(21-17-11-5-2-6-12-17)22-18-13-7-3-8-14-18/h2-3,5-8,11-14,19H,4,9-10,15-16H2,1H3,(H,21,22)/p+1. The van der Waals surface area contributed by atoms with Crippen LogP contribution in [0.15, 0.2) is 60.7 Å². The van der Waals surface area contributed by atoms with Gasteiger partial charge in [0.15, 0.2) is 0 Å². The fourth-order valence-electron chi connectivity index (χ4n) is 3.17. The van der Waals surface area contributed by atoms with Gasteiger partial charge in [-0.2, -0.15) is 0 Å². The van der Waals surface area contributed by atoms with Crippen LogP contribution in [0.2, 0.25) is 0 Å². The molecule has 23 heavy (non-hydrogen) atoms. The number of hydrogen-bond donors (Lipinski definition) is 2. The van der Waals surface area contributed by atoms with Crippen LogP contribution in [-0.4, -0.2) is 23.6 Å². The van der Waals surface area contributed by atoms with E-state index in [1.807, 2.05) is 12.1 Å². The molecule has 2 N–H and O–H groups in total. The number of guanidine groups is 1. The van der Waals surface area contributed by atoms with Crippen molar-refractivity contribution in [1.82, 2.24) is 0 Å². The van der Waals surface area contributed by atoms with E-state index in [4.69, 9.17) is 0 Å². The highest BCUT2D eigenvalue weighted by Gasteiger charge is 2.21. The zero-order valence-electron chi connectivity index (χ0n) is 13.8. The number of hydrogen-bond acceptors (Lipinski definition) is 0. The highest BCUT2D eigenvalue weighted by atomic mass is 15.2. The summed E-state index contributed by atoms with van der Waals surface area (Å²) in [4.78, 5) is 0. The third-order valence-corrected chi connectivity index (χ3v) is 4.55. The van der Waals surface area contributed by atoms with E-state index in [9.17, 15) is 0 Å². The Bertz CT molecular complexity index is 585. The Hall–Kier alpha value is -2.29. The lowest BCUT2D eigenvalue weighted by Gasteiger charge is -2.24. The number of benzene rings is 2. The number of nitrogens with zero attached hydrogens (tertiary/aromatic N) is 1. The minimum Gasteiger partial charge on any atom is -0.264 e. The van der Waals surface area contributed by atoms with E-state index in [1.54, 1.807) is 0 Å². The first-order valence-corrected chi connectivity index (χ1v) is 8.57. The molecule has 0 spiro atoms. The molecule has 0 bridgehead atoms. The molecule has 3 nitrogen and oxygen atoms in total. The molecule has 1 fully saturated rings. The maximum absolute atomic E-state index is 3.56. The molecule has 0 unspecified atom stereocenters. The molecule has 0 radical (unpaired) electrons. The van der Waals surface area contributed by atoms with Crippen molar-refractivity contribution in [1.29, 1.82) is 0 Å². The third-order valence-electron chi connectivity index (χ3n) is 4.55. The zero-order valence-corrected chi connectivity index (χ0v) is 13.8. The van der Waals surface area contributed by atoms with E-state index in [0.29, 0.717) is 6.04 Å². The Morgan fingerprint density at radius 3 is 1.74 bits per heavy atom. The summed E-state index contributed by atoms with van der Waals surface area (Å²) < 4.78 is 2.37. The van der Waals surface area contributed by atoms with Crippen LogP contribution in [0.5, 0.6) is 0 Å². The highest BCUT2D eigenvalue weighted by molar-refractivity contribution is 6.00. The maximum atomic E-state index is 3.56. The molecule has 120 valence electrons. The largest absolute Gasteiger partial charge is 0.355 e. The molecule has 0 saturated heterocycles. The van der Waals surface area contributed by atoms with Crippen molar-refractivity contribution in [2.24, 2.45) is 0 Å². The van der Waals surface area contributed by atoms with Crippen molar-refractivity contribution in [2.45, 2.75) is 38.1 Å². The van der Waals surface area contributed by atoms with E-state index in [2.05, 4.69) is 70.8 Å². The molecule has 0 aliphatic heterocycles. The molecule has 3 heteroatoms. The van der Waals surface area contributed by atoms with E-state index < -0.39 is 0 Å².